The lowest BCUT2D eigenvalue weighted by Gasteiger charge is -2.38. The zero-order valence-corrected chi connectivity index (χ0v) is 25.0. The minimum absolute atomic E-state index is 0.265. The molecule has 0 aliphatic carbocycles. The second-order valence-corrected chi connectivity index (χ2v) is 12.8. The maximum Gasteiger partial charge on any atom is 0.165 e. The molecule has 0 saturated heterocycles. The first-order chi connectivity index (χ1) is 21.6. The first-order valence-corrected chi connectivity index (χ1v) is 15.6. The number of hydrogen-bond donors (Lipinski definition) is 0. The molecule has 7 aromatic rings. The van der Waals surface area contributed by atoms with Crippen molar-refractivity contribution in [2.24, 2.45) is 0 Å². The Bertz CT molecular complexity index is 2270. The van der Waals surface area contributed by atoms with Gasteiger partial charge in [-0.05, 0) is 48.5 Å². The van der Waals surface area contributed by atoms with E-state index in [-0.39, 0.29) is 5.41 Å². The summed E-state index contributed by atoms with van der Waals surface area (Å²) in [6.07, 6.45) is 0. The summed E-state index contributed by atoms with van der Waals surface area (Å²) in [7, 11) is 0. The first-order valence-electron chi connectivity index (χ1n) is 14.8. The molecule has 2 aliphatic heterocycles. The van der Waals surface area contributed by atoms with E-state index in [0.29, 0.717) is 0 Å². The molecule has 0 spiro atoms. The van der Waals surface area contributed by atoms with E-state index in [1.54, 1.807) is 11.8 Å². The van der Waals surface area contributed by atoms with Crippen molar-refractivity contribution in [2.75, 3.05) is 4.90 Å². The molecule has 0 N–H and O–H groups in total. The zero-order valence-electron chi connectivity index (χ0n) is 24.2. The fourth-order valence-corrected chi connectivity index (χ4v) is 7.61. The smallest absolute Gasteiger partial charge is 0.165 e. The number of fused-ring (bicyclic) bond motifs is 7. The second kappa shape index (κ2) is 9.43. The van der Waals surface area contributed by atoms with Gasteiger partial charge in [-0.2, -0.15) is 0 Å². The molecule has 44 heavy (non-hydrogen) atoms. The number of ether oxygens (including phenoxy) is 2. The van der Waals surface area contributed by atoms with Crippen LogP contribution in [0.3, 0.4) is 0 Å². The third kappa shape index (κ3) is 3.66. The molecule has 3 heterocycles. The molecule has 0 saturated carbocycles. The molecule has 0 atom stereocenters. The van der Waals surface area contributed by atoms with E-state index in [1.807, 2.05) is 36.4 Å². The van der Waals surface area contributed by atoms with E-state index >= 15 is 0 Å². The molecule has 0 bridgehead atoms. The number of benzene rings is 6. The number of furan rings is 1. The van der Waals surface area contributed by atoms with Gasteiger partial charge in [-0.25, -0.2) is 0 Å². The summed E-state index contributed by atoms with van der Waals surface area (Å²) in [6, 6.07) is 43.8. The summed E-state index contributed by atoms with van der Waals surface area (Å²) >= 11 is 1.72. The molecule has 0 fully saturated rings. The standard InChI is InChI=1S/C39H27NO3S/c1-39(2)26-14-4-6-20-32(26)42-37-27(39)15-10-17-29(37)40(28-16-9-13-25-24-12-3-5-19-31(24)41-36(25)28)30-18-11-23-35-38(30)43-33-21-7-8-22-34(33)44-35/h3-23H,1-2H3. The SMILES string of the molecule is CC1(C)c2ccccc2Oc2c(N(c3cccc4c3Oc3ccccc3S4)c3cccc4c3oc3ccccc34)cccc21. The van der Waals surface area contributed by atoms with Crippen molar-refractivity contribution in [1.82, 2.24) is 0 Å². The minimum Gasteiger partial charge on any atom is -0.455 e. The van der Waals surface area contributed by atoms with Crippen molar-refractivity contribution < 1.29 is 13.9 Å². The van der Waals surface area contributed by atoms with Gasteiger partial charge in [0.25, 0.3) is 0 Å². The average molecular weight is 590 g/mol. The van der Waals surface area contributed by atoms with Gasteiger partial charge in [-0.15, -0.1) is 0 Å². The molecule has 6 aromatic carbocycles. The van der Waals surface area contributed by atoms with Crippen LogP contribution < -0.4 is 14.4 Å². The van der Waals surface area contributed by atoms with Gasteiger partial charge < -0.3 is 13.9 Å². The molecule has 0 amide bonds. The summed E-state index contributed by atoms with van der Waals surface area (Å²) < 4.78 is 20.2. The van der Waals surface area contributed by atoms with Crippen LogP contribution in [0, 0.1) is 0 Å². The summed E-state index contributed by atoms with van der Waals surface area (Å²) in [6.45, 7) is 4.53. The number of anilines is 3. The highest BCUT2D eigenvalue weighted by Gasteiger charge is 2.37. The summed E-state index contributed by atoms with van der Waals surface area (Å²) in [5.74, 6) is 3.35. The Morgan fingerprint density at radius 2 is 1.14 bits per heavy atom. The van der Waals surface area contributed by atoms with Crippen LogP contribution in [-0.2, 0) is 5.41 Å². The van der Waals surface area contributed by atoms with Crippen LogP contribution in [0.1, 0.15) is 25.0 Å². The van der Waals surface area contributed by atoms with Crippen LogP contribution in [0.15, 0.2) is 142 Å². The summed E-state index contributed by atoms with van der Waals surface area (Å²) in [4.78, 5) is 4.40. The topological polar surface area (TPSA) is 34.8 Å². The molecule has 4 nitrogen and oxygen atoms in total. The lowest BCUT2D eigenvalue weighted by molar-refractivity contribution is 0.419. The molecule has 2 aliphatic rings. The molecule has 212 valence electrons. The number of hydrogen-bond acceptors (Lipinski definition) is 5. The van der Waals surface area contributed by atoms with Gasteiger partial charge in [-0.3, -0.25) is 4.90 Å². The van der Waals surface area contributed by atoms with Crippen LogP contribution in [0.5, 0.6) is 23.0 Å². The maximum absolute atomic E-state index is 6.82. The predicted octanol–water partition coefficient (Wildman–Crippen LogP) is 11.7. The van der Waals surface area contributed by atoms with Crippen molar-refractivity contribution in [2.45, 2.75) is 29.1 Å². The Balaban J connectivity index is 1.34. The van der Waals surface area contributed by atoms with Crippen LogP contribution in [-0.4, -0.2) is 0 Å². The van der Waals surface area contributed by atoms with Gasteiger partial charge in [0.05, 0.1) is 26.9 Å². The van der Waals surface area contributed by atoms with E-state index in [2.05, 4.69) is 110 Å². The van der Waals surface area contributed by atoms with Gasteiger partial charge in [0.1, 0.15) is 17.1 Å². The van der Waals surface area contributed by atoms with E-state index in [4.69, 9.17) is 13.9 Å². The predicted molar refractivity (Wildman–Crippen MR) is 178 cm³/mol. The zero-order chi connectivity index (χ0) is 29.4. The monoisotopic (exact) mass is 589 g/mol. The lowest BCUT2D eigenvalue weighted by Crippen LogP contribution is -2.25. The Kier molecular flexibility index (Phi) is 5.44. The molecular formula is C39H27NO3S. The highest BCUT2D eigenvalue weighted by atomic mass is 32.2. The molecule has 1 aromatic heterocycles. The quantitative estimate of drug-likeness (QED) is 0.205. The van der Waals surface area contributed by atoms with E-state index in [9.17, 15) is 0 Å². The largest absolute Gasteiger partial charge is 0.455 e. The second-order valence-electron chi connectivity index (χ2n) is 11.7. The third-order valence-corrected chi connectivity index (χ3v) is 9.88. The lowest BCUT2D eigenvalue weighted by atomic mass is 9.75. The van der Waals surface area contributed by atoms with Gasteiger partial charge >= 0.3 is 0 Å². The Labute approximate surface area is 259 Å². The number of nitrogens with zero attached hydrogens (tertiary/aromatic N) is 1. The average Bonchev–Trinajstić information content (AvgIpc) is 3.44. The van der Waals surface area contributed by atoms with E-state index < -0.39 is 0 Å². The maximum atomic E-state index is 6.82. The van der Waals surface area contributed by atoms with Crippen molar-refractivity contribution >= 4 is 50.8 Å². The van der Waals surface area contributed by atoms with Crippen LogP contribution in [0.2, 0.25) is 0 Å². The summed E-state index contributed by atoms with van der Waals surface area (Å²) in [5, 5.41) is 2.14. The van der Waals surface area contributed by atoms with E-state index in [0.717, 1.165) is 77.4 Å². The Hall–Kier alpha value is -5.13. The molecule has 0 unspecified atom stereocenters. The van der Waals surface area contributed by atoms with Crippen LogP contribution >= 0.6 is 11.8 Å². The van der Waals surface area contributed by atoms with Gasteiger partial charge in [0.2, 0.25) is 0 Å². The highest BCUT2D eigenvalue weighted by Crippen LogP contribution is 2.58. The van der Waals surface area contributed by atoms with Crippen LogP contribution in [0.4, 0.5) is 17.1 Å². The van der Waals surface area contributed by atoms with Gasteiger partial charge in [0.15, 0.2) is 17.1 Å². The normalized spacial score (nSPS) is 14.1. The van der Waals surface area contributed by atoms with Crippen molar-refractivity contribution in [3.8, 4) is 23.0 Å². The van der Waals surface area contributed by atoms with Gasteiger partial charge in [0, 0.05) is 27.3 Å². The third-order valence-electron chi connectivity index (χ3n) is 8.79. The van der Waals surface area contributed by atoms with Gasteiger partial charge in [-0.1, -0.05) is 104 Å². The molecule has 5 heteroatoms. The van der Waals surface area contributed by atoms with Crippen LogP contribution in [0.25, 0.3) is 21.9 Å². The summed E-state index contributed by atoms with van der Waals surface area (Å²) in [5.41, 5.74) is 6.43. The molecular weight excluding hydrogens is 563 g/mol. The fraction of sp³-hybridized carbons (Fsp3) is 0.0769. The molecule has 0 radical (unpaired) electrons. The number of para-hydroxylation sites is 6. The Morgan fingerprint density at radius 1 is 0.523 bits per heavy atom. The molecule has 9 rings (SSSR count). The minimum atomic E-state index is -0.265. The Morgan fingerprint density at radius 3 is 2.05 bits per heavy atom. The fourth-order valence-electron chi connectivity index (χ4n) is 6.64. The first kappa shape index (κ1) is 25.4. The van der Waals surface area contributed by atoms with Crippen molar-refractivity contribution in [1.29, 1.82) is 0 Å². The number of rotatable bonds is 3. The van der Waals surface area contributed by atoms with Crippen molar-refractivity contribution in [3.63, 3.8) is 0 Å². The highest BCUT2D eigenvalue weighted by molar-refractivity contribution is 7.99. The van der Waals surface area contributed by atoms with E-state index in [1.165, 1.54) is 5.56 Å². The van der Waals surface area contributed by atoms with Crippen molar-refractivity contribution in [3.05, 3.63) is 139 Å².